The van der Waals surface area contributed by atoms with Crippen LogP contribution in [0, 0.1) is 5.92 Å². The van der Waals surface area contributed by atoms with Gasteiger partial charge in [0.25, 0.3) is 0 Å². The number of nitrogens with zero attached hydrogens (tertiary/aromatic N) is 1. The minimum atomic E-state index is 0.706. The molecule has 2 atom stereocenters. The van der Waals surface area contributed by atoms with E-state index in [4.69, 9.17) is 0 Å². The molecule has 0 amide bonds. The summed E-state index contributed by atoms with van der Waals surface area (Å²) in [4.78, 5) is 2.69. The van der Waals surface area contributed by atoms with E-state index in [1.54, 1.807) is 0 Å². The van der Waals surface area contributed by atoms with Gasteiger partial charge in [0.15, 0.2) is 0 Å². The molecule has 2 nitrogen and oxygen atoms in total. The molecule has 17 heavy (non-hydrogen) atoms. The summed E-state index contributed by atoms with van der Waals surface area (Å²) in [6.07, 6.45) is 6.80. The van der Waals surface area contributed by atoms with E-state index in [1.165, 1.54) is 51.7 Å². The lowest BCUT2D eigenvalue weighted by Gasteiger charge is -2.34. The van der Waals surface area contributed by atoms with Crippen LogP contribution in [0.15, 0.2) is 0 Å². The van der Waals surface area contributed by atoms with Crippen LogP contribution in [0.4, 0.5) is 0 Å². The third-order valence-corrected chi connectivity index (χ3v) is 4.00. The summed E-state index contributed by atoms with van der Waals surface area (Å²) in [6.45, 7) is 13.1. The van der Waals surface area contributed by atoms with E-state index in [0.717, 1.165) is 12.0 Å². The Bertz CT molecular complexity index is 191. The second kappa shape index (κ2) is 8.10. The monoisotopic (exact) mass is 240 g/mol. The standard InChI is InChI=1S/C15H32N2/c1-5-6-7-10-17(13(2)3)12-15-8-9-16-14(4)11-15/h13-16H,5-12H2,1-4H3. The first kappa shape index (κ1) is 15.0. The van der Waals surface area contributed by atoms with Gasteiger partial charge in [-0.1, -0.05) is 19.8 Å². The van der Waals surface area contributed by atoms with Crippen LogP contribution >= 0.6 is 0 Å². The molecular formula is C15H32N2. The van der Waals surface area contributed by atoms with Crippen molar-refractivity contribution in [1.82, 2.24) is 10.2 Å². The van der Waals surface area contributed by atoms with Crippen molar-refractivity contribution in [1.29, 1.82) is 0 Å². The van der Waals surface area contributed by atoms with Gasteiger partial charge in [-0.25, -0.2) is 0 Å². The van der Waals surface area contributed by atoms with Crippen molar-refractivity contribution in [3.8, 4) is 0 Å². The highest BCUT2D eigenvalue weighted by Gasteiger charge is 2.21. The maximum Gasteiger partial charge on any atom is 0.00418 e. The number of piperidine rings is 1. The van der Waals surface area contributed by atoms with Gasteiger partial charge in [-0.3, -0.25) is 0 Å². The topological polar surface area (TPSA) is 15.3 Å². The van der Waals surface area contributed by atoms with Gasteiger partial charge in [-0.15, -0.1) is 0 Å². The largest absolute Gasteiger partial charge is 0.314 e. The van der Waals surface area contributed by atoms with Crippen LogP contribution in [0.1, 0.15) is 59.8 Å². The highest BCUT2D eigenvalue weighted by Crippen LogP contribution is 2.19. The Hall–Kier alpha value is -0.0800. The first-order valence-electron chi connectivity index (χ1n) is 7.61. The summed E-state index contributed by atoms with van der Waals surface area (Å²) >= 11 is 0. The molecular weight excluding hydrogens is 208 g/mol. The Kier molecular flexibility index (Phi) is 7.14. The van der Waals surface area contributed by atoms with Crippen LogP contribution in [0.25, 0.3) is 0 Å². The average Bonchev–Trinajstić information content (AvgIpc) is 2.28. The number of nitrogens with one attached hydrogen (secondary N) is 1. The highest BCUT2D eigenvalue weighted by atomic mass is 15.1. The number of hydrogen-bond acceptors (Lipinski definition) is 2. The fourth-order valence-electron chi connectivity index (χ4n) is 2.86. The minimum Gasteiger partial charge on any atom is -0.314 e. The summed E-state index contributed by atoms with van der Waals surface area (Å²) in [5, 5.41) is 3.55. The van der Waals surface area contributed by atoms with Gasteiger partial charge in [-0.05, 0) is 59.0 Å². The predicted molar refractivity (Wildman–Crippen MR) is 76.4 cm³/mol. The molecule has 2 unspecified atom stereocenters. The van der Waals surface area contributed by atoms with E-state index in [2.05, 4.69) is 37.9 Å². The first-order chi connectivity index (χ1) is 8.13. The molecule has 0 saturated carbocycles. The Morgan fingerprint density at radius 2 is 2.06 bits per heavy atom. The Balaban J connectivity index is 2.31. The van der Waals surface area contributed by atoms with Crippen molar-refractivity contribution in [3.05, 3.63) is 0 Å². The predicted octanol–water partition coefficient (Wildman–Crippen LogP) is 3.28. The fraction of sp³-hybridized carbons (Fsp3) is 1.00. The normalized spacial score (nSPS) is 25.8. The lowest BCUT2D eigenvalue weighted by molar-refractivity contribution is 0.157. The molecule has 1 aliphatic heterocycles. The van der Waals surface area contributed by atoms with Gasteiger partial charge >= 0.3 is 0 Å². The second-order valence-corrected chi connectivity index (χ2v) is 6.04. The van der Waals surface area contributed by atoms with E-state index in [-0.39, 0.29) is 0 Å². The van der Waals surface area contributed by atoms with E-state index in [9.17, 15) is 0 Å². The highest BCUT2D eigenvalue weighted by molar-refractivity contribution is 4.78. The lowest BCUT2D eigenvalue weighted by atomic mass is 9.92. The SMILES string of the molecule is CCCCCN(CC1CCNC(C)C1)C(C)C. The summed E-state index contributed by atoms with van der Waals surface area (Å²) in [6, 6.07) is 1.43. The molecule has 1 N–H and O–H groups in total. The van der Waals surface area contributed by atoms with Crippen molar-refractivity contribution >= 4 is 0 Å². The molecule has 1 fully saturated rings. The molecule has 1 aliphatic rings. The van der Waals surface area contributed by atoms with Gasteiger partial charge in [-0.2, -0.15) is 0 Å². The van der Waals surface area contributed by atoms with Crippen LogP contribution in [-0.4, -0.2) is 36.6 Å². The lowest BCUT2D eigenvalue weighted by Crippen LogP contribution is -2.42. The van der Waals surface area contributed by atoms with Crippen molar-refractivity contribution in [2.75, 3.05) is 19.6 Å². The van der Waals surface area contributed by atoms with Gasteiger partial charge in [0, 0.05) is 18.6 Å². The molecule has 102 valence electrons. The van der Waals surface area contributed by atoms with Gasteiger partial charge in [0.1, 0.15) is 0 Å². The van der Waals surface area contributed by atoms with Crippen molar-refractivity contribution in [2.24, 2.45) is 5.92 Å². The van der Waals surface area contributed by atoms with Crippen LogP contribution < -0.4 is 5.32 Å². The third-order valence-electron chi connectivity index (χ3n) is 4.00. The second-order valence-electron chi connectivity index (χ2n) is 6.04. The average molecular weight is 240 g/mol. The smallest absolute Gasteiger partial charge is 0.00418 e. The third kappa shape index (κ3) is 5.87. The molecule has 0 aromatic carbocycles. The zero-order valence-electron chi connectivity index (χ0n) is 12.3. The minimum absolute atomic E-state index is 0.706. The molecule has 1 rings (SSSR count). The van der Waals surface area contributed by atoms with Crippen LogP contribution in [0.2, 0.25) is 0 Å². The van der Waals surface area contributed by atoms with E-state index in [1.807, 2.05) is 0 Å². The summed E-state index contributed by atoms with van der Waals surface area (Å²) in [7, 11) is 0. The molecule has 0 aromatic rings. The first-order valence-corrected chi connectivity index (χ1v) is 7.61. The Labute approximate surface area is 108 Å². The molecule has 1 saturated heterocycles. The quantitative estimate of drug-likeness (QED) is 0.687. The van der Waals surface area contributed by atoms with Crippen molar-refractivity contribution in [2.45, 2.75) is 71.9 Å². The number of rotatable bonds is 7. The van der Waals surface area contributed by atoms with E-state index in [0.29, 0.717) is 6.04 Å². The maximum absolute atomic E-state index is 3.55. The molecule has 0 radical (unpaired) electrons. The van der Waals surface area contributed by atoms with Crippen LogP contribution in [-0.2, 0) is 0 Å². The van der Waals surface area contributed by atoms with Gasteiger partial charge < -0.3 is 10.2 Å². The number of hydrogen-bond donors (Lipinski definition) is 1. The van der Waals surface area contributed by atoms with Crippen LogP contribution in [0.5, 0.6) is 0 Å². The zero-order valence-corrected chi connectivity index (χ0v) is 12.3. The zero-order chi connectivity index (χ0) is 12.7. The van der Waals surface area contributed by atoms with E-state index >= 15 is 0 Å². The molecule has 0 aromatic heterocycles. The van der Waals surface area contributed by atoms with Crippen molar-refractivity contribution in [3.63, 3.8) is 0 Å². The summed E-state index contributed by atoms with van der Waals surface area (Å²) < 4.78 is 0. The van der Waals surface area contributed by atoms with Crippen molar-refractivity contribution < 1.29 is 0 Å². The number of unbranched alkanes of at least 4 members (excludes halogenated alkanes) is 2. The Morgan fingerprint density at radius 1 is 1.29 bits per heavy atom. The van der Waals surface area contributed by atoms with Gasteiger partial charge in [0.05, 0.1) is 0 Å². The van der Waals surface area contributed by atoms with Crippen LogP contribution in [0.3, 0.4) is 0 Å². The van der Waals surface area contributed by atoms with E-state index < -0.39 is 0 Å². The fourth-order valence-corrected chi connectivity index (χ4v) is 2.86. The molecule has 2 heteroatoms. The summed E-state index contributed by atoms with van der Waals surface area (Å²) in [5.74, 6) is 0.912. The molecule has 0 aliphatic carbocycles. The molecule has 1 heterocycles. The Morgan fingerprint density at radius 3 is 2.65 bits per heavy atom. The van der Waals surface area contributed by atoms with Gasteiger partial charge in [0.2, 0.25) is 0 Å². The maximum atomic E-state index is 3.55. The molecule has 0 spiro atoms. The molecule has 0 bridgehead atoms. The summed E-state index contributed by atoms with van der Waals surface area (Å²) in [5.41, 5.74) is 0.